The van der Waals surface area contributed by atoms with Gasteiger partial charge in [0.1, 0.15) is 5.69 Å². The highest BCUT2D eigenvalue weighted by Gasteiger charge is 2.12. The molecular weight excluding hydrogens is 288 g/mol. The Morgan fingerprint density at radius 1 is 1.37 bits per heavy atom. The third kappa shape index (κ3) is 3.28. The number of amides is 1. The van der Waals surface area contributed by atoms with E-state index in [0.717, 1.165) is 11.3 Å². The highest BCUT2D eigenvalue weighted by atomic mass is 32.2. The van der Waals surface area contributed by atoms with Crippen LogP contribution < -0.4 is 16.2 Å². The van der Waals surface area contributed by atoms with Gasteiger partial charge in [-0.15, -0.1) is 11.3 Å². The smallest absolute Gasteiger partial charge is 0.275 e. The fourth-order valence-corrected chi connectivity index (χ4v) is 2.44. The molecule has 7 nitrogen and oxygen atoms in total. The van der Waals surface area contributed by atoms with Crippen LogP contribution in [0.4, 0.5) is 10.8 Å². The van der Waals surface area contributed by atoms with E-state index in [1.165, 1.54) is 23.6 Å². The third-order valence-electron chi connectivity index (χ3n) is 2.18. The lowest BCUT2D eigenvalue weighted by Crippen LogP contribution is -2.15. The molecule has 0 saturated carbocycles. The minimum Gasteiger partial charge on any atom is -0.375 e. The maximum Gasteiger partial charge on any atom is 0.275 e. The first-order valence-electron chi connectivity index (χ1n) is 5.01. The van der Waals surface area contributed by atoms with Crippen LogP contribution in [0.3, 0.4) is 0 Å². The van der Waals surface area contributed by atoms with Gasteiger partial charge in [0.25, 0.3) is 5.91 Å². The van der Waals surface area contributed by atoms with Gasteiger partial charge in [0.05, 0.1) is 4.90 Å². The fourth-order valence-electron chi connectivity index (χ4n) is 1.34. The van der Waals surface area contributed by atoms with Gasteiger partial charge >= 0.3 is 0 Å². The molecule has 19 heavy (non-hydrogen) atoms. The van der Waals surface area contributed by atoms with Crippen molar-refractivity contribution in [2.45, 2.75) is 4.90 Å². The summed E-state index contributed by atoms with van der Waals surface area (Å²) < 4.78 is 22.4. The average molecular weight is 298 g/mol. The average Bonchev–Trinajstić information content (AvgIpc) is 2.75. The van der Waals surface area contributed by atoms with Crippen LogP contribution in [-0.2, 0) is 10.0 Å². The van der Waals surface area contributed by atoms with Gasteiger partial charge in [0, 0.05) is 11.1 Å². The number of nitrogens with two attached hydrogens (primary N) is 2. The summed E-state index contributed by atoms with van der Waals surface area (Å²) in [6.07, 6.45) is 0. The molecule has 0 saturated heterocycles. The zero-order valence-electron chi connectivity index (χ0n) is 9.53. The first kappa shape index (κ1) is 13.5. The van der Waals surface area contributed by atoms with Gasteiger partial charge in [-0.05, 0) is 18.2 Å². The second-order valence-electron chi connectivity index (χ2n) is 3.60. The Hall–Kier alpha value is -1.97. The normalized spacial score (nSPS) is 11.2. The van der Waals surface area contributed by atoms with Crippen molar-refractivity contribution in [3.8, 4) is 0 Å². The van der Waals surface area contributed by atoms with Crippen LogP contribution in [0.5, 0.6) is 0 Å². The van der Waals surface area contributed by atoms with Gasteiger partial charge in [0.15, 0.2) is 5.13 Å². The summed E-state index contributed by atoms with van der Waals surface area (Å²) in [5, 5.41) is 9.31. The molecule has 2 rings (SSSR count). The van der Waals surface area contributed by atoms with E-state index in [4.69, 9.17) is 10.9 Å². The molecule has 0 aliphatic heterocycles. The Kier molecular flexibility index (Phi) is 3.51. The third-order valence-corrected chi connectivity index (χ3v) is 3.76. The number of sulfonamides is 1. The summed E-state index contributed by atoms with van der Waals surface area (Å²) in [5.41, 5.74) is 5.90. The number of rotatable bonds is 3. The molecule has 1 aromatic heterocycles. The van der Waals surface area contributed by atoms with Crippen molar-refractivity contribution < 1.29 is 13.2 Å². The van der Waals surface area contributed by atoms with E-state index in [9.17, 15) is 13.2 Å². The van der Waals surface area contributed by atoms with Crippen LogP contribution in [0.1, 0.15) is 10.5 Å². The quantitative estimate of drug-likeness (QED) is 0.765. The van der Waals surface area contributed by atoms with Crippen LogP contribution in [-0.4, -0.2) is 19.3 Å². The minimum absolute atomic E-state index is 0.0805. The minimum atomic E-state index is -3.81. The molecule has 5 N–H and O–H groups in total. The molecule has 0 unspecified atom stereocenters. The molecule has 0 aliphatic carbocycles. The van der Waals surface area contributed by atoms with Crippen molar-refractivity contribution in [2.75, 3.05) is 11.1 Å². The lowest BCUT2D eigenvalue weighted by molar-refractivity contribution is 0.102. The Balaban J connectivity index is 2.22. The van der Waals surface area contributed by atoms with E-state index >= 15 is 0 Å². The molecule has 0 aliphatic rings. The number of nitrogens with zero attached hydrogens (tertiary/aromatic N) is 1. The van der Waals surface area contributed by atoms with Crippen molar-refractivity contribution >= 4 is 38.1 Å². The number of carbonyl (C=O) groups is 1. The molecule has 0 bridgehead atoms. The van der Waals surface area contributed by atoms with E-state index in [1.807, 2.05) is 0 Å². The number of nitrogens with one attached hydrogen (secondary N) is 1. The lowest BCUT2D eigenvalue weighted by Gasteiger charge is -2.04. The van der Waals surface area contributed by atoms with Crippen LogP contribution in [0.15, 0.2) is 34.5 Å². The predicted octanol–water partition coefficient (Wildman–Crippen LogP) is 0.625. The van der Waals surface area contributed by atoms with Crippen LogP contribution in [0.2, 0.25) is 0 Å². The van der Waals surface area contributed by atoms with E-state index in [0.29, 0.717) is 5.69 Å². The number of thiazole rings is 1. The molecule has 0 spiro atoms. The largest absolute Gasteiger partial charge is 0.375 e. The van der Waals surface area contributed by atoms with Crippen LogP contribution in [0.25, 0.3) is 0 Å². The van der Waals surface area contributed by atoms with Gasteiger partial charge < -0.3 is 11.1 Å². The Morgan fingerprint density at radius 3 is 2.68 bits per heavy atom. The van der Waals surface area contributed by atoms with Crippen LogP contribution >= 0.6 is 11.3 Å². The van der Waals surface area contributed by atoms with Gasteiger partial charge in [-0.2, -0.15) is 0 Å². The van der Waals surface area contributed by atoms with Crippen molar-refractivity contribution in [3.63, 3.8) is 0 Å². The summed E-state index contributed by atoms with van der Waals surface area (Å²) in [6, 6.07) is 5.63. The first-order valence-corrected chi connectivity index (χ1v) is 7.44. The Bertz CT molecular complexity index is 724. The summed E-state index contributed by atoms with van der Waals surface area (Å²) in [7, 11) is -3.81. The summed E-state index contributed by atoms with van der Waals surface area (Å²) in [5.74, 6) is -0.473. The van der Waals surface area contributed by atoms with Gasteiger partial charge in [-0.25, -0.2) is 18.5 Å². The molecule has 0 fully saturated rings. The second-order valence-corrected chi connectivity index (χ2v) is 6.05. The standard InChI is InChI=1S/C10H10N4O3S2/c11-10-14-8(5-18-10)9(15)13-6-2-1-3-7(4-6)19(12,16)17/h1-5H,(H2,11,14)(H,13,15)(H2,12,16,17). The van der Waals surface area contributed by atoms with E-state index in [2.05, 4.69) is 10.3 Å². The van der Waals surface area contributed by atoms with Crippen molar-refractivity contribution in [3.05, 3.63) is 35.3 Å². The molecular formula is C10H10N4O3S2. The monoisotopic (exact) mass is 298 g/mol. The molecule has 1 amide bonds. The maximum atomic E-state index is 11.8. The Labute approximate surface area is 113 Å². The maximum absolute atomic E-state index is 11.8. The molecule has 1 aromatic carbocycles. The molecule has 2 aromatic rings. The highest BCUT2D eigenvalue weighted by Crippen LogP contribution is 2.16. The van der Waals surface area contributed by atoms with Gasteiger partial charge in [0.2, 0.25) is 10.0 Å². The van der Waals surface area contributed by atoms with E-state index in [1.54, 1.807) is 6.07 Å². The lowest BCUT2D eigenvalue weighted by atomic mass is 10.3. The zero-order chi connectivity index (χ0) is 14.0. The van der Waals surface area contributed by atoms with Crippen molar-refractivity contribution in [1.29, 1.82) is 0 Å². The zero-order valence-corrected chi connectivity index (χ0v) is 11.2. The number of benzene rings is 1. The summed E-state index contributed by atoms with van der Waals surface area (Å²) in [6.45, 7) is 0. The highest BCUT2D eigenvalue weighted by molar-refractivity contribution is 7.89. The Morgan fingerprint density at radius 2 is 2.11 bits per heavy atom. The summed E-state index contributed by atoms with van der Waals surface area (Å²) >= 11 is 1.14. The molecule has 9 heteroatoms. The summed E-state index contributed by atoms with van der Waals surface area (Å²) in [4.78, 5) is 15.5. The fraction of sp³-hybridized carbons (Fsp3) is 0. The number of primary sulfonamides is 1. The molecule has 100 valence electrons. The topological polar surface area (TPSA) is 128 Å². The van der Waals surface area contributed by atoms with E-state index < -0.39 is 15.9 Å². The van der Waals surface area contributed by atoms with Gasteiger partial charge in [-0.3, -0.25) is 4.79 Å². The number of nitrogen functional groups attached to an aromatic ring is 1. The number of hydrogen-bond donors (Lipinski definition) is 3. The number of anilines is 2. The number of carbonyl (C=O) groups excluding carboxylic acids is 1. The molecule has 0 atom stereocenters. The molecule has 0 radical (unpaired) electrons. The predicted molar refractivity (Wildman–Crippen MR) is 72.3 cm³/mol. The van der Waals surface area contributed by atoms with Gasteiger partial charge in [-0.1, -0.05) is 6.07 Å². The van der Waals surface area contributed by atoms with E-state index in [-0.39, 0.29) is 15.7 Å². The van der Waals surface area contributed by atoms with Crippen LogP contribution in [0, 0.1) is 0 Å². The number of aromatic nitrogens is 1. The number of hydrogen-bond acceptors (Lipinski definition) is 6. The molecule has 1 heterocycles. The second kappa shape index (κ2) is 4.96. The SMILES string of the molecule is Nc1nc(C(=O)Nc2cccc(S(N)(=O)=O)c2)cs1. The first-order chi connectivity index (χ1) is 8.86. The van der Waals surface area contributed by atoms with Crippen molar-refractivity contribution in [2.24, 2.45) is 5.14 Å². The van der Waals surface area contributed by atoms with Crippen molar-refractivity contribution in [1.82, 2.24) is 4.98 Å².